The van der Waals surface area contributed by atoms with E-state index in [4.69, 9.17) is 5.73 Å². The minimum atomic E-state index is -0.595. The lowest BCUT2D eigenvalue weighted by Gasteiger charge is -2.29. The van der Waals surface area contributed by atoms with Crippen molar-refractivity contribution in [3.05, 3.63) is 11.8 Å². The van der Waals surface area contributed by atoms with Crippen LogP contribution in [0.3, 0.4) is 0 Å². The Kier molecular flexibility index (Phi) is 2.54. The molecular formula is C10H17FN2. The molecule has 3 unspecified atom stereocenters. The van der Waals surface area contributed by atoms with Gasteiger partial charge < -0.3 is 11.1 Å². The predicted molar refractivity (Wildman–Crippen MR) is 50.9 cm³/mol. The lowest BCUT2D eigenvalue weighted by molar-refractivity contribution is 0.193. The van der Waals surface area contributed by atoms with Crippen LogP contribution in [0.4, 0.5) is 4.39 Å². The highest BCUT2D eigenvalue weighted by atomic mass is 19.1. The van der Waals surface area contributed by atoms with E-state index in [2.05, 4.69) is 11.5 Å². The first-order valence-electron chi connectivity index (χ1n) is 5.10. The first-order valence-corrected chi connectivity index (χ1v) is 5.10. The molecule has 1 fully saturated rings. The van der Waals surface area contributed by atoms with E-state index in [0.717, 1.165) is 19.3 Å². The number of halogens is 1. The Morgan fingerprint density at radius 1 is 1.54 bits per heavy atom. The van der Waals surface area contributed by atoms with Crippen molar-refractivity contribution >= 4 is 0 Å². The van der Waals surface area contributed by atoms with E-state index < -0.39 is 6.17 Å². The monoisotopic (exact) mass is 184 g/mol. The summed E-state index contributed by atoms with van der Waals surface area (Å²) < 4.78 is 13.1. The molecule has 0 amide bonds. The van der Waals surface area contributed by atoms with Gasteiger partial charge in [-0.25, -0.2) is 4.39 Å². The third kappa shape index (κ3) is 1.70. The molecule has 2 rings (SSSR count). The van der Waals surface area contributed by atoms with Crippen LogP contribution in [0.1, 0.15) is 25.7 Å². The van der Waals surface area contributed by atoms with Gasteiger partial charge in [0.2, 0.25) is 0 Å². The second kappa shape index (κ2) is 3.66. The lowest BCUT2D eigenvalue weighted by atomic mass is 9.80. The summed E-state index contributed by atoms with van der Waals surface area (Å²) in [4.78, 5) is 0. The normalized spacial score (nSPS) is 38.0. The number of nitrogens with one attached hydrogen (secondary N) is 1. The summed E-state index contributed by atoms with van der Waals surface area (Å²) >= 11 is 0. The molecular weight excluding hydrogens is 167 g/mol. The Labute approximate surface area is 78.4 Å². The number of alkyl halides is 1. The van der Waals surface area contributed by atoms with Crippen LogP contribution >= 0.6 is 0 Å². The van der Waals surface area contributed by atoms with E-state index in [1.54, 1.807) is 0 Å². The Morgan fingerprint density at radius 3 is 3.15 bits per heavy atom. The van der Waals surface area contributed by atoms with Crippen molar-refractivity contribution in [2.75, 3.05) is 6.54 Å². The fourth-order valence-corrected chi connectivity index (χ4v) is 2.47. The Balaban J connectivity index is 2.00. The molecule has 0 bridgehead atoms. The largest absolute Gasteiger partial charge is 0.388 e. The second-order valence-corrected chi connectivity index (χ2v) is 4.05. The zero-order chi connectivity index (χ0) is 9.26. The van der Waals surface area contributed by atoms with E-state index in [-0.39, 0.29) is 0 Å². The van der Waals surface area contributed by atoms with Crippen LogP contribution in [0.2, 0.25) is 0 Å². The van der Waals surface area contributed by atoms with Crippen LogP contribution in [0, 0.1) is 5.92 Å². The standard InChI is InChI=1S/C10H17FN2/c11-8-1-2-10-9(5-8)7(3-4-12)6-13-10/h6,8-10,13H,1-5,12H2. The highest BCUT2D eigenvalue weighted by Gasteiger charge is 2.35. The fourth-order valence-electron chi connectivity index (χ4n) is 2.47. The van der Waals surface area contributed by atoms with E-state index in [1.165, 1.54) is 5.57 Å². The van der Waals surface area contributed by atoms with Crippen molar-refractivity contribution in [1.82, 2.24) is 5.32 Å². The predicted octanol–water partition coefficient (Wildman–Crippen LogP) is 1.33. The minimum Gasteiger partial charge on any atom is -0.388 e. The average molecular weight is 184 g/mol. The maximum Gasteiger partial charge on any atom is 0.101 e. The molecule has 1 aliphatic heterocycles. The summed E-state index contributed by atoms with van der Waals surface area (Å²) in [6, 6.07) is 0.494. The van der Waals surface area contributed by atoms with E-state index in [1.807, 2.05) is 0 Å². The van der Waals surface area contributed by atoms with E-state index >= 15 is 0 Å². The number of hydrogen-bond donors (Lipinski definition) is 2. The highest BCUT2D eigenvalue weighted by Crippen LogP contribution is 2.36. The number of hydrogen-bond acceptors (Lipinski definition) is 2. The highest BCUT2D eigenvalue weighted by molar-refractivity contribution is 5.18. The molecule has 0 aromatic rings. The van der Waals surface area contributed by atoms with Crippen molar-refractivity contribution in [2.24, 2.45) is 11.7 Å². The van der Waals surface area contributed by atoms with Gasteiger partial charge in [-0.05, 0) is 44.0 Å². The van der Waals surface area contributed by atoms with Crippen LogP contribution in [0.5, 0.6) is 0 Å². The Bertz CT molecular complexity index is 215. The summed E-state index contributed by atoms with van der Waals surface area (Å²) in [6.45, 7) is 0.674. The SMILES string of the molecule is NCCC1=CNC2CCC(F)CC12. The molecule has 1 heterocycles. The Hall–Kier alpha value is -0.570. The lowest BCUT2D eigenvalue weighted by Crippen LogP contribution is -2.34. The fraction of sp³-hybridized carbons (Fsp3) is 0.800. The molecule has 3 heteroatoms. The third-order valence-corrected chi connectivity index (χ3v) is 3.18. The van der Waals surface area contributed by atoms with E-state index in [0.29, 0.717) is 24.9 Å². The number of rotatable bonds is 2. The maximum atomic E-state index is 13.1. The van der Waals surface area contributed by atoms with Gasteiger partial charge in [-0.3, -0.25) is 0 Å². The van der Waals surface area contributed by atoms with Crippen molar-refractivity contribution in [2.45, 2.75) is 37.9 Å². The zero-order valence-electron chi connectivity index (χ0n) is 7.80. The number of fused-ring (bicyclic) bond motifs is 1. The topological polar surface area (TPSA) is 38.0 Å². The van der Waals surface area contributed by atoms with Crippen molar-refractivity contribution < 1.29 is 4.39 Å². The van der Waals surface area contributed by atoms with Gasteiger partial charge in [0.05, 0.1) is 0 Å². The number of nitrogens with two attached hydrogens (primary N) is 1. The molecule has 74 valence electrons. The van der Waals surface area contributed by atoms with Gasteiger partial charge >= 0.3 is 0 Å². The smallest absolute Gasteiger partial charge is 0.101 e. The summed E-state index contributed by atoms with van der Waals surface area (Å²) in [5.74, 6) is 0.423. The van der Waals surface area contributed by atoms with Gasteiger partial charge in [0, 0.05) is 12.0 Å². The molecule has 1 saturated carbocycles. The second-order valence-electron chi connectivity index (χ2n) is 4.05. The maximum absolute atomic E-state index is 13.1. The molecule has 0 spiro atoms. The van der Waals surface area contributed by atoms with Gasteiger partial charge in [-0.15, -0.1) is 0 Å². The minimum absolute atomic E-state index is 0.423. The van der Waals surface area contributed by atoms with Gasteiger partial charge in [0.15, 0.2) is 0 Å². The third-order valence-electron chi connectivity index (χ3n) is 3.18. The molecule has 3 N–H and O–H groups in total. The van der Waals surface area contributed by atoms with Crippen LogP contribution in [-0.2, 0) is 0 Å². The molecule has 0 aromatic carbocycles. The molecule has 13 heavy (non-hydrogen) atoms. The van der Waals surface area contributed by atoms with Gasteiger partial charge in [0.1, 0.15) is 6.17 Å². The van der Waals surface area contributed by atoms with Crippen molar-refractivity contribution in [3.8, 4) is 0 Å². The van der Waals surface area contributed by atoms with Crippen molar-refractivity contribution in [1.29, 1.82) is 0 Å². The van der Waals surface area contributed by atoms with Gasteiger partial charge in [-0.2, -0.15) is 0 Å². The van der Waals surface area contributed by atoms with Crippen molar-refractivity contribution in [3.63, 3.8) is 0 Å². The van der Waals surface area contributed by atoms with Crippen LogP contribution in [0.25, 0.3) is 0 Å². The molecule has 0 radical (unpaired) electrons. The molecule has 1 aliphatic carbocycles. The average Bonchev–Trinajstić information content (AvgIpc) is 2.49. The summed E-state index contributed by atoms with van der Waals surface area (Å²) in [5, 5.41) is 3.33. The molecule has 2 nitrogen and oxygen atoms in total. The summed E-state index contributed by atoms with van der Waals surface area (Å²) in [7, 11) is 0. The van der Waals surface area contributed by atoms with Crippen LogP contribution in [0.15, 0.2) is 11.8 Å². The molecule has 2 aliphatic rings. The van der Waals surface area contributed by atoms with Crippen LogP contribution < -0.4 is 11.1 Å². The molecule has 0 aromatic heterocycles. The first-order chi connectivity index (χ1) is 6.31. The van der Waals surface area contributed by atoms with E-state index in [9.17, 15) is 4.39 Å². The molecule has 0 saturated heterocycles. The van der Waals surface area contributed by atoms with Gasteiger partial charge in [0.25, 0.3) is 0 Å². The van der Waals surface area contributed by atoms with Gasteiger partial charge in [-0.1, -0.05) is 0 Å². The zero-order valence-corrected chi connectivity index (χ0v) is 7.80. The Morgan fingerprint density at radius 2 is 2.38 bits per heavy atom. The van der Waals surface area contributed by atoms with Crippen LogP contribution in [-0.4, -0.2) is 18.8 Å². The first kappa shape index (κ1) is 9.00. The summed E-state index contributed by atoms with van der Waals surface area (Å²) in [6.07, 6.45) is 4.76. The molecule has 3 atom stereocenters. The summed E-state index contributed by atoms with van der Waals surface area (Å²) in [5.41, 5.74) is 6.83. The quantitative estimate of drug-likeness (QED) is 0.679.